The molecule has 0 atom stereocenters. The summed E-state index contributed by atoms with van der Waals surface area (Å²) in [5.41, 5.74) is 2.01. The monoisotopic (exact) mass is 182 g/mol. The van der Waals surface area contributed by atoms with Crippen molar-refractivity contribution in [3.05, 3.63) is 35.4 Å². The second-order valence-corrected chi connectivity index (χ2v) is 4.36. The number of rotatable bonds is 1. The van der Waals surface area contributed by atoms with E-state index in [1.165, 1.54) is 16.8 Å². The van der Waals surface area contributed by atoms with Gasteiger partial charge in [0.05, 0.1) is 9.39 Å². The van der Waals surface area contributed by atoms with Crippen molar-refractivity contribution >= 4 is 25.7 Å². The van der Waals surface area contributed by atoms with Crippen LogP contribution in [0.4, 0.5) is 0 Å². The van der Waals surface area contributed by atoms with Crippen molar-refractivity contribution in [3.8, 4) is 0 Å². The Morgan fingerprint density at radius 3 is 2.36 bits per heavy atom. The molecule has 0 amide bonds. The molecule has 0 N–H and O–H groups in total. The lowest BCUT2D eigenvalue weighted by molar-refractivity contribution is 0.109. The van der Waals surface area contributed by atoms with Crippen molar-refractivity contribution in [1.82, 2.24) is 0 Å². The molecule has 0 saturated heterocycles. The van der Waals surface area contributed by atoms with Crippen molar-refractivity contribution in [2.24, 2.45) is 0 Å². The van der Waals surface area contributed by atoms with Crippen molar-refractivity contribution < 1.29 is 4.79 Å². The number of hydrogen-bond acceptors (Lipinski definition) is 2. The first kappa shape index (κ1) is 8.55. The SMILES string of the molecule is Cc1ccc(C(=O)S[SiH3])cc1. The summed E-state index contributed by atoms with van der Waals surface area (Å²) in [5, 5.41) is 0.191. The quantitative estimate of drug-likeness (QED) is 0.606. The van der Waals surface area contributed by atoms with Crippen LogP contribution in [0.1, 0.15) is 15.9 Å². The number of aryl methyl sites for hydroxylation is 1. The third kappa shape index (κ3) is 2.20. The molecule has 1 nitrogen and oxygen atoms in total. The van der Waals surface area contributed by atoms with Gasteiger partial charge in [0.15, 0.2) is 0 Å². The van der Waals surface area contributed by atoms with Crippen LogP contribution >= 0.6 is 11.2 Å². The fourth-order valence-electron chi connectivity index (χ4n) is 0.807. The van der Waals surface area contributed by atoms with E-state index in [9.17, 15) is 4.79 Å². The van der Waals surface area contributed by atoms with Crippen molar-refractivity contribution in [2.75, 3.05) is 0 Å². The molecule has 0 aliphatic heterocycles. The van der Waals surface area contributed by atoms with Crippen LogP contribution in [-0.4, -0.2) is 14.5 Å². The van der Waals surface area contributed by atoms with E-state index in [0.29, 0.717) is 0 Å². The van der Waals surface area contributed by atoms with Gasteiger partial charge in [-0.2, -0.15) is 0 Å². The minimum atomic E-state index is 0.191. The number of hydrogen-bond donors (Lipinski definition) is 0. The molecule has 1 rings (SSSR count). The summed E-state index contributed by atoms with van der Waals surface area (Å²) in [4.78, 5) is 11.1. The molecule has 1 aromatic carbocycles. The van der Waals surface area contributed by atoms with Crippen LogP contribution < -0.4 is 0 Å². The van der Waals surface area contributed by atoms with E-state index >= 15 is 0 Å². The Labute approximate surface area is 73.3 Å². The van der Waals surface area contributed by atoms with Gasteiger partial charge in [-0.15, -0.1) is 11.2 Å². The summed E-state index contributed by atoms with van der Waals surface area (Å²) < 4.78 is 0. The number of benzene rings is 1. The largest absolute Gasteiger partial charge is 0.282 e. The molecule has 0 heterocycles. The molecule has 0 saturated carbocycles. The molecule has 0 bridgehead atoms. The highest BCUT2D eigenvalue weighted by molar-refractivity contribution is 8.31. The molecule has 3 heteroatoms. The van der Waals surface area contributed by atoms with Crippen LogP contribution in [0.15, 0.2) is 24.3 Å². The zero-order valence-electron chi connectivity index (χ0n) is 6.63. The van der Waals surface area contributed by atoms with Crippen molar-refractivity contribution in [2.45, 2.75) is 6.92 Å². The smallest absolute Gasteiger partial charge is 0.212 e. The first-order chi connectivity index (χ1) is 5.24. The normalized spacial score (nSPS) is 9.91. The number of carbonyl (C=O) groups excluding carboxylic acids is 1. The van der Waals surface area contributed by atoms with Crippen LogP contribution in [0, 0.1) is 6.92 Å². The van der Waals surface area contributed by atoms with Gasteiger partial charge in [0, 0.05) is 5.56 Å². The Morgan fingerprint density at radius 1 is 1.36 bits per heavy atom. The van der Waals surface area contributed by atoms with E-state index in [0.717, 1.165) is 15.0 Å². The van der Waals surface area contributed by atoms with Crippen LogP contribution in [0.3, 0.4) is 0 Å². The summed E-state index contributed by atoms with van der Waals surface area (Å²) in [6.45, 7) is 2.02. The van der Waals surface area contributed by atoms with E-state index in [-0.39, 0.29) is 5.12 Å². The van der Waals surface area contributed by atoms with Crippen LogP contribution in [0.2, 0.25) is 0 Å². The summed E-state index contributed by atoms with van der Waals surface area (Å²) in [6.07, 6.45) is 0. The predicted molar refractivity (Wildman–Crippen MR) is 53.0 cm³/mol. The highest BCUT2D eigenvalue weighted by atomic mass is 32.4. The number of carbonyl (C=O) groups is 1. The molecule has 0 fully saturated rings. The van der Waals surface area contributed by atoms with E-state index in [2.05, 4.69) is 0 Å². The van der Waals surface area contributed by atoms with Gasteiger partial charge < -0.3 is 0 Å². The molecular weight excluding hydrogens is 172 g/mol. The molecule has 11 heavy (non-hydrogen) atoms. The third-order valence-electron chi connectivity index (χ3n) is 1.47. The average Bonchev–Trinajstić information content (AvgIpc) is 2.05. The second kappa shape index (κ2) is 3.73. The van der Waals surface area contributed by atoms with Gasteiger partial charge in [-0.3, -0.25) is 4.79 Å². The topological polar surface area (TPSA) is 17.1 Å². The molecule has 0 aliphatic rings. The first-order valence-corrected chi connectivity index (χ1v) is 7.06. The van der Waals surface area contributed by atoms with Gasteiger partial charge in [0.1, 0.15) is 0 Å². The molecular formula is C8H10OSSi. The molecule has 0 aromatic heterocycles. The fourth-order valence-corrected chi connectivity index (χ4v) is 1.89. The van der Waals surface area contributed by atoms with Crippen molar-refractivity contribution in [1.29, 1.82) is 0 Å². The zero-order chi connectivity index (χ0) is 8.27. The highest BCUT2D eigenvalue weighted by Gasteiger charge is 2.00. The summed E-state index contributed by atoms with van der Waals surface area (Å²) in [7, 11) is 0.873. The van der Waals surface area contributed by atoms with E-state index < -0.39 is 0 Å². The second-order valence-electron chi connectivity index (χ2n) is 2.36. The molecule has 0 unspecified atom stereocenters. The Morgan fingerprint density at radius 2 is 1.91 bits per heavy atom. The van der Waals surface area contributed by atoms with Gasteiger partial charge in [0.25, 0.3) is 0 Å². The van der Waals surface area contributed by atoms with Crippen molar-refractivity contribution in [3.63, 3.8) is 0 Å². The Bertz CT molecular complexity index is 255. The standard InChI is InChI=1S/C8H10OSSi/c1-6-2-4-7(5-3-6)8(9)10-11/h2-5H,1,11H3. The summed E-state index contributed by atoms with van der Waals surface area (Å²) in [6, 6.07) is 7.68. The summed E-state index contributed by atoms with van der Waals surface area (Å²) in [5.74, 6) is 0. The van der Waals surface area contributed by atoms with E-state index in [1.54, 1.807) is 0 Å². The van der Waals surface area contributed by atoms with Gasteiger partial charge in [-0.05, 0) is 6.92 Å². The maximum Gasteiger partial charge on any atom is 0.212 e. The van der Waals surface area contributed by atoms with Gasteiger partial charge in [-0.25, -0.2) is 0 Å². The van der Waals surface area contributed by atoms with E-state index in [4.69, 9.17) is 0 Å². The maximum absolute atomic E-state index is 11.1. The predicted octanol–water partition coefficient (Wildman–Crippen LogP) is 1.15. The Balaban J connectivity index is 2.90. The third-order valence-corrected chi connectivity index (χ3v) is 3.19. The van der Waals surface area contributed by atoms with Gasteiger partial charge in [0.2, 0.25) is 5.12 Å². The minimum absolute atomic E-state index is 0.191. The molecule has 58 valence electrons. The molecule has 0 spiro atoms. The highest BCUT2D eigenvalue weighted by Crippen LogP contribution is 2.09. The average molecular weight is 182 g/mol. The first-order valence-electron chi connectivity index (χ1n) is 3.39. The summed E-state index contributed by atoms with van der Waals surface area (Å²) >= 11 is 1.38. The van der Waals surface area contributed by atoms with Crippen LogP contribution in [0.25, 0.3) is 0 Å². The van der Waals surface area contributed by atoms with E-state index in [1.807, 2.05) is 31.2 Å². The fraction of sp³-hybridized carbons (Fsp3) is 0.125. The Kier molecular flexibility index (Phi) is 2.90. The lowest BCUT2D eigenvalue weighted by Gasteiger charge is -1.96. The molecule has 0 aliphatic carbocycles. The Hall–Kier alpha value is -0.543. The molecule has 1 aromatic rings. The zero-order valence-corrected chi connectivity index (χ0v) is 9.44. The van der Waals surface area contributed by atoms with Crippen LogP contribution in [0.5, 0.6) is 0 Å². The lowest BCUT2D eigenvalue weighted by Crippen LogP contribution is -1.91. The van der Waals surface area contributed by atoms with Gasteiger partial charge >= 0.3 is 0 Å². The van der Waals surface area contributed by atoms with Crippen LogP contribution in [-0.2, 0) is 0 Å². The lowest BCUT2D eigenvalue weighted by atomic mass is 10.2. The minimum Gasteiger partial charge on any atom is -0.282 e. The maximum atomic E-state index is 11.1. The van der Waals surface area contributed by atoms with Gasteiger partial charge in [-0.1, -0.05) is 29.8 Å². The molecule has 0 radical (unpaired) electrons.